The molecule has 1 aromatic carbocycles. The van der Waals surface area contributed by atoms with Gasteiger partial charge in [-0.15, -0.1) is 0 Å². The van der Waals surface area contributed by atoms with E-state index in [-0.39, 0.29) is 17.2 Å². The lowest BCUT2D eigenvalue weighted by Crippen LogP contribution is -2.51. The van der Waals surface area contributed by atoms with Crippen molar-refractivity contribution in [1.29, 1.82) is 0 Å². The summed E-state index contributed by atoms with van der Waals surface area (Å²) in [6.07, 6.45) is 10.5. The highest BCUT2D eigenvalue weighted by Crippen LogP contribution is 2.36. The van der Waals surface area contributed by atoms with Gasteiger partial charge in [0.05, 0.1) is 11.9 Å². The maximum Gasteiger partial charge on any atom is 0.238 e. The number of anilines is 1. The molecule has 1 amide bonds. The van der Waals surface area contributed by atoms with Gasteiger partial charge in [0.2, 0.25) is 17.7 Å². The predicted molar refractivity (Wildman–Crippen MR) is 133 cm³/mol. The number of amides is 1. The quantitative estimate of drug-likeness (QED) is 0.545. The minimum atomic E-state index is -0.366. The number of piperidine rings is 2. The molecule has 3 aromatic rings. The molecular formula is C27H32N6O2. The van der Waals surface area contributed by atoms with Crippen molar-refractivity contribution in [3.05, 3.63) is 66.4 Å². The molecule has 1 atom stereocenters. The monoisotopic (exact) mass is 472 g/mol. The van der Waals surface area contributed by atoms with Crippen LogP contribution < -0.4 is 9.64 Å². The minimum Gasteiger partial charge on any atom is -0.437 e. The second-order valence-electron chi connectivity index (χ2n) is 9.89. The maximum atomic E-state index is 13.7. The SMILES string of the molecule is Cc1cccc(Oc2cncc([C@@H]3CCCN(C(=O)C4(C)CCN(c5ncccn5)CC4)C3)n2)c1. The number of likely N-dealkylation sites (tertiary alicyclic amines) is 1. The number of ether oxygens (including phenoxy) is 1. The van der Waals surface area contributed by atoms with Crippen molar-refractivity contribution in [3.63, 3.8) is 0 Å². The molecule has 4 heterocycles. The second kappa shape index (κ2) is 9.98. The first kappa shape index (κ1) is 23.2. The molecule has 182 valence electrons. The smallest absolute Gasteiger partial charge is 0.238 e. The number of nitrogens with zero attached hydrogens (tertiary/aromatic N) is 6. The molecule has 2 aliphatic rings. The van der Waals surface area contributed by atoms with Crippen LogP contribution in [0, 0.1) is 12.3 Å². The van der Waals surface area contributed by atoms with Crippen molar-refractivity contribution >= 4 is 11.9 Å². The number of carbonyl (C=O) groups excluding carboxylic acids is 1. The van der Waals surface area contributed by atoms with Crippen LogP contribution in [0.15, 0.2) is 55.1 Å². The van der Waals surface area contributed by atoms with Crippen molar-refractivity contribution in [2.24, 2.45) is 5.41 Å². The molecule has 2 aliphatic heterocycles. The molecule has 0 radical (unpaired) electrons. The molecule has 8 heteroatoms. The second-order valence-corrected chi connectivity index (χ2v) is 9.89. The number of hydrogen-bond donors (Lipinski definition) is 0. The number of benzene rings is 1. The first-order valence-electron chi connectivity index (χ1n) is 12.4. The average molecular weight is 473 g/mol. The highest BCUT2D eigenvalue weighted by atomic mass is 16.5. The van der Waals surface area contributed by atoms with E-state index in [1.165, 1.54) is 0 Å². The Hall–Kier alpha value is -3.55. The molecule has 0 unspecified atom stereocenters. The van der Waals surface area contributed by atoms with E-state index in [2.05, 4.69) is 26.8 Å². The van der Waals surface area contributed by atoms with Crippen LogP contribution in [0.5, 0.6) is 11.6 Å². The van der Waals surface area contributed by atoms with Crippen LogP contribution in [0.25, 0.3) is 0 Å². The summed E-state index contributed by atoms with van der Waals surface area (Å²) in [6, 6.07) is 9.71. The Morgan fingerprint density at radius 2 is 1.89 bits per heavy atom. The van der Waals surface area contributed by atoms with Crippen molar-refractivity contribution in [2.45, 2.75) is 45.4 Å². The van der Waals surface area contributed by atoms with Crippen molar-refractivity contribution in [2.75, 3.05) is 31.1 Å². The summed E-state index contributed by atoms with van der Waals surface area (Å²) >= 11 is 0. The highest BCUT2D eigenvalue weighted by molar-refractivity contribution is 5.83. The minimum absolute atomic E-state index is 0.155. The van der Waals surface area contributed by atoms with E-state index < -0.39 is 0 Å². The van der Waals surface area contributed by atoms with Crippen molar-refractivity contribution in [1.82, 2.24) is 24.8 Å². The lowest BCUT2D eigenvalue weighted by atomic mass is 9.78. The van der Waals surface area contributed by atoms with Crippen LogP contribution >= 0.6 is 0 Å². The topological polar surface area (TPSA) is 84.3 Å². The summed E-state index contributed by atoms with van der Waals surface area (Å²) in [5, 5.41) is 0. The Labute approximate surface area is 206 Å². The van der Waals surface area contributed by atoms with E-state index in [1.807, 2.05) is 48.4 Å². The van der Waals surface area contributed by atoms with Gasteiger partial charge in [0.15, 0.2) is 0 Å². The third-order valence-corrected chi connectivity index (χ3v) is 7.19. The molecule has 2 fully saturated rings. The summed E-state index contributed by atoms with van der Waals surface area (Å²) in [5.74, 6) is 2.38. The molecule has 0 spiro atoms. The Kier molecular flexibility index (Phi) is 6.61. The molecule has 5 rings (SSSR count). The normalized spacial score (nSPS) is 19.9. The Bertz CT molecular complexity index is 1160. The number of hydrogen-bond acceptors (Lipinski definition) is 7. The van der Waals surface area contributed by atoms with E-state index in [0.29, 0.717) is 12.4 Å². The fourth-order valence-electron chi connectivity index (χ4n) is 5.06. The van der Waals surface area contributed by atoms with Gasteiger partial charge in [-0.25, -0.2) is 15.0 Å². The fraction of sp³-hybridized carbons (Fsp3) is 0.444. The van der Waals surface area contributed by atoms with Gasteiger partial charge in [0, 0.05) is 56.1 Å². The van der Waals surface area contributed by atoms with Crippen LogP contribution in [0.3, 0.4) is 0 Å². The molecule has 8 nitrogen and oxygen atoms in total. The van der Waals surface area contributed by atoms with E-state index >= 15 is 0 Å². The van der Waals surface area contributed by atoms with E-state index in [9.17, 15) is 4.79 Å². The predicted octanol–water partition coefficient (Wildman–Crippen LogP) is 4.38. The van der Waals surface area contributed by atoms with Gasteiger partial charge >= 0.3 is 0 Å². The third kappa shape index (κ3) is 5.26. The van der Waals surface area contributed by atoms with E-state index in [0.717, 1.165) is 68.3 Å². The molecular weight excluding hydrogens is 440 g/mol. The molecule has 0 aliphatic carbocycles. The number of aryl methyl sites for hydroxylation is 1. The van der Waals surface area contributed by atoms with Crippen LogP contribution in [0.1, 0.15) is 49.8 Å². The van der Waals surface area contributed by atoms with Gasteiger partial charge in [-0.1, -0.05) is 19.1 Å². The summed E-state index contributed by atoms with van der Waals surface area (Å²) in [4.78, 5) is 35.7. The zero-order chi connectivity index (χ0) is 24.3. The maximum absolute atomic E-state index is 13.7. The Balaban J connectivity index is 1.23. The van der Waals surface area contributed by atoms with Gasteiger partial charge in [-0.2, -0.15) is 0 Å². The van der Waals surface area contributed by atoms with Crippen LogP contribution in [0.4, 0.5) is 5.95 Å². The van der Waals surface area contributed by atoms with Crippen LogP contribution in [-0.2, 0) is 4.79 Å². The zero-order valence-corrected chi connectivity index (χ0v) is 20.4. The molecule has 2 saturated heterocycles. The Morgan fingerprint density at radius 3 is 2.66 bits per heavy atom. The van der Waals surface area contributed by atoms with Crippen LogP contribution in [-0.4, -0.2) is 56.9 Å². The van der Waals surface area contributed by atoms with Crippen LogP contribution in [0.2, 0.25) is 0 Å². The van der Waals surface area contributed by atoms with E-state index in [4.69, 9.17) is 9.72 Å². The lowest BCUT2D eigenvalue weighted by molar-refractivity contribution is -0.143. The lowest BCUT2D eigenvalue weighted by Gasteiger charge is -2.43. The molecule has 0 N–H and O–H groups in total. The van der Waals surface area contributed by atoms with Crippen molar-refractivity contribution in [3.8, 4) is 11.6 Å². The van der Waals surface area contributed by atoms with Gasteiger partial charge < -0.3 is 14.5 Å². The van der Waals surface area contributed by atoms with Gasteiger partial charge in [-0.05, 0) is 56.4 Å². The third-order valence-electron chi connectivity index (χ3n) is 7.19. The standard InChI is InChI=1S/C27H32N6O2/c1-20-6-3-8-22(16-20)35-24-18-28-17-23(31-24)21-7-4-13-33(19-21)25(34)27(2)9-14-32(15-10-27)26-29-11-5-12-30-26/h3,5-6,8,11-12,16-18,21H,4,7,9-10,13-15,19H2,1-2H3/t21-/m1/s1. The Morgan fingerprint density at radius 1 is 1.09 bits per heavy atom. The van der Waals surface area contributed by atoms with Gasteiger partial charge in [0.1, 0.15) is 5.75 Å². The average Bonchev–Trinajstić information content (AvgIpc) is 2.89. The van der Waals surface area contributed by atoms with Gasteiger partial charge in [0.25, 0.3) is 0 Å². The largest absolute Gasteiger partial charge is 0.437 e. The fourth-order valence-corrected chi connectivity index (χ4v) is 5.06. The highest BCUT2D eigenvalue weighted by Gasteiger charge is 2.41. The molecule has 0 bridgehead atoms. The molecule has 35 heavy (non-hydrogen) atoms. The number of aromatic nitrogens is 4. The molecule has 2 aromatic heterocycles. The summed E-state index contributed by atoms with van der Waals surface area (Å²) < 4.78 is 5.95. The first-order chi connectivity index (χ1) is 17.0. The summed E-state index contributed by atoms with van der Waals surface area (Å²) in [5.41, 5.74) is 1.65. The first-order valence-corrected chi connectivity index (χ1v) is 12.4. The molecule has 0 saturated carbocycles. The van der Waals surface area contributed by atoms with Gasteiger partial charge in [-0.3, -0.25) is 9.78 Å². The summed E-state index contributed by atoms with van der Waals surface area (Å²) in [7, 11) is 0. The number of carbonyl (C=O) groups is 1. The van der Waals surface area contributed by atoms with E-state index in [1.54, 1.807) is 18.6 Å². The number of rotatable bonds is 5. The zero-order valence-electron chi connectivity index (χ0n) is 20.4. The summed E-state index contributed by atoms with van der Waals surface area (Å²) in [6.45, 7) is 7.17. The van der Waals surface area contributed by atoms with Crippen molar-refractivity contribution < 1.29 is 9.53 Å².